The molecule has 0 fully saturated rings. The molecule has 7 heterocycles. The maximum atomic E-state index is 15.0. The highest BCUT2D eigenvalue weighted by Gasteiger charge is 2.41. The summed E-state index contributed by atoms with van der Waals surface area (Å²) in [4.78, 5) is 20.3. The number of carbonyl (C=O) groups is 1. The molecule has 0 amide bonds. The van der Waals surface area contributed by atoms with Gasteiger partial charge in [0.1, 0.15) is 27.0 Å². The summed E-state index contributed by atoms with van der Waals surface area (Å²) in [5.41, 5.74) is 11.8. The average Bonchev–Trinajstić information content (AvgIpc) is 4.21. The summed E-state index contributed by atoms with van der Waals surface area (Å²) in [6.07, 6.45) is 5.47. The van der Waals surface area contributed by atoms with E-state index in [2.05, 4.69) is 16.0 Å². The molecule has 5 aliphatic heterocycles. The fraction of sp³-hybridized carbons (Fsp3) is 0.100. The SMILES string of the molecule is CC1=N/C(=C(/c2ccc(N3C=C(c4ccc(/C5=C6\C=CC(=N6)c6ccccc6OB6Oc7ccccc7-c7ccc5n76)c(OCC(=O)O)c4)NN3)cc2)c2c(C)c(S(=O)(=O)O)c(C)n2B(F)F)C(C)=C1S(=O)(=O)O. The van der Waals surface area contributed by atoms with Crippen molar-refractivity contribution in [3.63, 3.8) is 0 Å². The number of anilines is 1. The normalized spacial score (nSPS) is 17.4. The maximum Gasteiger partial charge on any atom is 0.743 e. The Labute approximate surface area is 422 Å². The van der Waals surface area contributed by atoms with Crippen molar-refractivity contribution in [1.29, 1.82) is 0 Å². The predicted octanol–water partition coefficient (Wildman–Crippen LogP) is 7.72. The number of aliphatic carboxylic acids is 1. The van der Waals surface area contributed by atoms with Crippen molar-refractivity contribution in [3.8, 4) is 28.5 Å². The zero-order chi connectivity index (χ0) is 52.1. The molecule has 11 rings (SSSR count). The number of rotatable bonds is 11. The summed E-state index contributed by atoms with van der Waals surface area (Å²) >= 11 is 0. The number of hydrazine groups is 2. The van der Waals surface area contributed by atoms with Crippen molar-refractivity contribution >= 4 is 74.8 Å². The van der Waals surface area contributed by atoms with Crippen LogP contribution in [0.1, 0.15) is 58.7 Å². The number of carboxylic acid groups (broad SMARTS) is 1. The highest BCUT2D eigenvalue weighted by molar-refractivity contribution is 7.91. The molecular weight excluding hydrogens is 998 g/mol. The second kappa shape index (κ2) is 17.7. The van der Waals surface area contributed by atoms with Gasteiger partial charge in [0.15, 0.2) is 6.61 Å². The van der Waals surface area contributed by atoms with Gasteiger partial charge in [0.2, 0.25) is 0 Å². The number of aromatic nitrogens is 2. The number of allylic oxidation sites excluding steroid dienone is 4. The number of hydrogen-bond donors (Lipinski definition) is 5. The number of ether oxygens (including phenoxy) is 1. The third-order valence-electron chi connectivity index (χ3n) is 13.1. The van der Waals surface area contributed by atoms with Gasteiger partial charge in [-0.25, -0.2) is 9.79 Å². The molecule has 0 unspecified atom stereocenters. The van der Waals surface area contributed by atoms with Gasteiger partial charge in [-0.2, -0.15) is 16.8 Å². The Morgan fingerprint density at radius 3 is 2.15 bits per heavy atom. The number of nitrogens with zero attached hydrogens (tertiary/aromatic N) is 5. The van der Waals surface area contributed by atoms with Crippen molar-refractivity contribution in [3.05, 3.63) is 188 Å². The van der Waals surface area contributed by atoms with Gasteiger partial charge in [-0.05, 0) is 117 Å². The molecule has 2 aromatic heterocycles. The Bertz CT molecular complexity index is 3940. The number of benzene rings is 4. The zero-order valence-corrected chi connectivity index (χ0v) is 41.0. The largest absolute Gasteiger partial charge is 0.743 e. The maximum absolute atomic E-state index is 15.0. The summed E-state index contributed by atoms with van der Waals surface area (Å²) in [5.74, 6) is 0.191. The van der Waals surface area contributed by atoms with Crippen LogP contribution in [0.5, 0.6) is 17.2 Å². The molecule has 74 heavy (non-hydrogen) atoms. The molecule has 0 aliphatic carbocycles. The van der Waals surface area contributed by atoms with Gasteiger partial charge in [-0.15, -0.1) is 5.53 Å². The topological polar surface area (TPSA) is 236 Å². The number of hydrogen-bond acceptors (Lipinski definition) is 13. The molecule has 18 nitrogen and oxygen atoms in total. The van der Waals surface area contributed by atoms with Crippen molar-refractivity contribution < 1.29 is 58.5 Å². The summed E-state index contributed by atoms with van der Waals surface area (Å²) < 4.78 is 122. The Balaban J connectivity index is 1.00. The smallest absolute Gasteiger partial charge is 0.506 e. The first-order valence-corrected chi connectivity index (χ1v) is 25.5. The molecule has 24 heteroatoms. The minimum atomic E-state index is -5.04. The summed E-state index contributed by atoms with van der Waals surface area (Å²) in [5, 5.41) is 11.5. The summed E-state index contributed by atoms with van der Waals surface area (Å²) in [6.45, 7) is 4.32. The monoisotopic (exact) mass is 1040 g/mol. The number of aliphatic imine (C=N–C) groups is 2. The highest BCUT2D eigenvalue weighted by Crippen LogP contribution is 2.46. The molecule has 6 aromatic rings. The predicted molar refractivity (Wildman–Crippen MR) is 274 cm³/mol. The van der Waals surface area contributed by atoms with Crippen LogP contribution in [0, 0.1) is 13.8 Å². The van der Waals surface area contributed by atoms with Crippen LogP contribution in [0.2, 0.25) is 0 Å². The molecule has 0 spiro atoms. The standard InChI is InChI=1S/C50H39B2F2N7O11S2/c1-26-47(55-28(3)49(26)73(64,65)66)45(48-27(2)50(74(67,68)69)29(4)60(48)51(53)54)30-13-16-32(17-14-30)59-24-38(57-58-59)31-15-18-35(43(23-31)70-25-44(62)63)46-37-20-19-36(56-37)33-9-5-7-11-41(33)71-52-61-39(21-22-40(46)61)34-10-6-8-12-42(34)72-52/h5-24,57-58H,25H2,1-4H3,(H,62,63)(H,64,65,66)(H,67,68,69)/b46-37-,47-45-. The average molecular weight is 1040 g/mol. The van der Waals surface area contributed by atoms with Crippen LogP contribution in [0.25, 0.3) is 28.1 Å². The van der Waals surface area contributed by atoms with Crippen LogP contribution in [0.15, 0.2) is 158 Å². The van der Waals surface area contributed by atoms with Crippen LogP contribution in [0.4, 0.5) is 14.3 Å². The van der Waals surface area contributed by atoms with E-state index in [0.717, 1.165) is 23.7 Å². The van der Waals surface area contributed by atoms with Crippen LogP contribution in [-0.2, 0) is 25.0 Å². The van der Waals surface area contributed by atoms with Gasteiger partial charge in [-0.3, -0.25) is 27.7 Å². The van der Waals surface area contributed by atoms with Crippen molar-refractivity contribution in [1.82, 2.24) is 19.9 Å². The lowest BCUT2D eigenvalue weighted by molar-refractivity contribution is -0.139. The Kier molecular flexibility index (Phi) is 11.5. The summed E-state index contributed by atoms with van der Waals surface area (Å²) in [7, 11) is -14.2. The van der Waals surface area contributed by atoms with Crippen LogP contribution in [-0.4, -0.2) is 78.7 Å². The van der Waals surface area contributed by atoms with E-state index in [1.54, 1.807) is 29.4 Å². The Hall–Kier alpha value is -8.28. The van der Waals surface area contributed by atoms with Crippen LogP contribution in [0.3, 0.4) is 0 Å². The van der Waals surface area contributed by atoms with E-state index in [0.29, 0.717) is 61.2 Å². The minimum absolute atomic E-state index is 0.0846. The number of carboxylic acids is 1. The fourth-order valence-corrected chi connectivity index (χ4v) is 11.9. The molecule has 372 valence electrons. The van der Waals surface area contributed by atoms with Gasteiger partial charge in [-0.1, -0.05) is 42.5 Å². The van der Waals surface area contributed by atoms with E-state index >= 15 is 8.63 Å². The highest BCUT2D eigenvalue weighted by atomic mass is 32.2. The van der Waals surface area contributed by atoms with Gasteiger partial charge in [0.25, 0.3) is 20.2 Å². The molecule has 2 bridgehead atoms. The molecule has 0 radical (unpaired) electrons. The zero-order valence-electron chi connectivity index (χ0n) is 39.3. The molecule has 5 N–H and O–H groups in total. The van der Waals surface area contributed by atoms with Crippen LogP contribution >= 0.6 is 0 Å². The first-order chi connectivity index (χ1) is 35.3. The number of para-hydroxylation sites is 2. The number of halogens is 2. The third kappa shape index (κ3) is 8.03. The van der Waals surface area contributed by atoms with E-state index in [9.17, 15) is 35.8 Å². The second-order valence-electron chi connectivity index (χ2n) is 17.6. The molecule has 4 aromatic carbocycles. The lowest BCUT2D eigenvalue weighted by Crippen LogP contribution is -2.42. The van der Waals surface area contributed by atoms with Gasteiger partial charge in [0.05, 0.1) is 34.2 Å². The summed E-state index contributed by atoms with van der Waals surface area (Å²) in [6, 6.07) is 30.7. The lowest BCUT2D eigenvalue weighted by atomic mass is 9.93. The van der Waals surface area contributed by atoms with Gasteiger partial charge in [0, 0.05) is 62.4 Å². The molecular formula is C50H39B2F2N7O11S2. The minimum Gasteiger partial charge on any atom is -0.506 e. The quantitative estimate of drug-likeness (QED) is 0.0618. The van der Waals surface area contributed by atoms with Crippen molar-refractivity contribution in [2.75, 3.05) is 11.6 Å². The van der Waals surface area contributed by atoms with E-state index in [1.165, 1.54) is 32.9 Å². The van der Waals surface area contributed by atoms with E-state index in [1.807, 2.05) is 89.4 Å². The molecule has 5 aliphatic rings. The Morgan fingerprint density at radius 1 is 0.811 bits per heavy atom. The van der Waals surface area contributed by atoms with Crippen molar-refractivity contribution in [2.24, 2.45) is 9.98 Å². The fourth-order valence-electron chi connectivity index (χ4n) is 10.1. The molecule has 0 saturated carbocycles. The van der Waals surface area contributed by atoms with E-state index in [4.69, 9.17) is 19.0 Å². The lowest BCUT2D eigenvalue weighted by Gasteiger charge is -2.29. The number of nitrogens with one attached hydrogen (secondary N) is 2. The van der Waals surface area contributed by atoms with Crippen molar-refractivity contribution in [2.45, 2.75) is 32.6 Å². The van der Waals surface area contributed by atoms with E-state index < -0.39 is 63.0 Å². The third-order valence-corrected chi connectivity index (χ3v) is 15.3. The van der Waals surface area contributed by atoms with Gasteiger partial charge < -0.3 is 33.5 Å². The molecule has 0 saturated heterocycles. The molecule has 0 atom stereocenters. The van der Waals surface area contributed by atoms with E-state index in [-0.39, 0.29) is 45.1 Å². The first-order valence-electron chi connectivity index (χ1n) is 22.6. The first kappa shape index (κ1) is 48.0. The van der Waals surface area contributed by atoms with Crippen LogP contribution < -0.4 is 30.0 Å². The Morgan fingerprint density at radius 2 is 1.49 bits per heavy atom. The number of fused-ring (bicyclic) bond motifs is 5. The second-order valence-corrected chi connectivity index (χ2v) is 20.3. The van der Waals surface area contributed by atoms with Gasteiger partial charge >= 0.3 is 20.6 Å².